The fourth-order valence-corrected chi connectivity index (χ4v) is 2.29. The molecule has 6 heteroatoms. The Morgan fingerprint density at radius 1 is 0.926 bits per heavy atom. The monoisotopic (exact) mass is 365 g/mol. The second kappa shape index (κ2) is 9.24. The van der Waals surface area contributed by atoms with E-state index >= 15 is 0 Å². The molecule has 138 valence electrons. The topological polar surface area (TPSA) is 77.8 Å². The Kier molecular flexibility index (Phi) is 6.25. The minimum Gasteiger partial charge on any atom is -0.489 e. The van der Waals surface area contributed by atoms with Crippen molar-refractivity contribution in [1.82, 2.24) is 5.32 Å². The first-order valence-electron chi connectivity index (χ1n) is 8.44. The molecular formula is C21H19NO5. The van der Waals surface area contributed by atoms with Crippen molar-refractivity contribution in [2.24, 2.45) is 0 Å². The molecule has 0 fully saturated rings. The first kappa shape index (κ1) is 18.3. The van der Waals surface area contributed by atoms with Crippen LogP contribution in [0.4, 0.5) is 0 Å². The Morgan fingerprint density at radius 2 is 1.70 bits per heavy atom. The average Bonchev–Trinajstić information content (AvgIpc) is 3.24. The van der Waals surface area contributed by atoms with Crippen molar-refractivity contribution in [3.63, 3.8) is 0 Å². The van der Waals surface area contributed by atoms with E-state index in [0.29, 0.717) is 23.7 Å². The smallest absolute Gasteiger partial charge is 0.338 e. The Hall–Kier alpha value is -3.54. The molecule has 1 aromatic heterocycles. The molecule has 0 saturated carbocycles. The number of esters is 1. The van der Waals surface area contributed by atoms with Crippen molar-refractivity contribution in [2.45, 2.75) is 13.2 Å². The largest absolute Gasteiger partial charge is 0.489 e. The van der Waals surface area contributed by atoms with Crippen LogP contribution in [0.5, 0.6) is 5.75 Å². The van der Waals surface area contributed by atoms with E-state index < -0.39 is 11.9 Å². The summed E-state index contributed by atoms with van der Waals surface area (Å²) in [5, 5.41) is 2.60. The van der Waals surface area contributed by atoms with Gasteiger partial charge in [-0.3, -0.25) is 4.79 Å². The third-order valence-corrected chi connectivity index (χ3v) is 3.71. The normalized spacial score (nSPS) is 10.2. The Balaban J connectivity index is 1.42. The molecule has 2 aromatic carbocycles. The van der Waals surface area contributed by atoms with Gasteiger partial charge in [0.25, 0.3) is 5.91 Å². The van der Waals surface area contributed by atoms with Gasteiger partial charge in [-0.1, -0.05) is 30.3 Å². The van der Waals surface area contributed by atoms with E-state index in [9.17, 15) is 9.59 Å². The van der Waals surface area contributed by atoms with Gasteiger partial charge in [0.15, 0.2) is 6.61 Å². The van der Waals surface area contributed by atoms with Crippen LogP contribution >= 0.6 is 0 Å². The lowest BCUT2D eigenvalue weighted by Crippen LogP contribution is -2.28. The zero-order chi connectivity index (χ0) is 18.9. The number of ether oxygens (including phenoxy) is 2. The van der Waals surface area contributed by atoms with Gasteiger partial charge in [0.05, 0.1) is 18.4 Å². The molecule has 0 atom stereocenters. The summed E-state index contributed by atoms with van der Waals surface area (Å²) in [4.78, 5) is 23.7. The van der Waals surface area contributed by atoms with Crippen molar-refractivity contribution in [3.05, 3.63) is 89.9 Å². The minimum atomic E-state index is -0.572. The predicted octanol–water partition coefficient (Wildman–Crippen LogP) is 3.33. The molecule has 0 bridgehead atoms. The molecule has 0 radical (unpaired) electrons. The summed E-state index contributed by atoms with van der Waals surface area (Å²) in [6.45, 7) is 0.336. The maximum Gasteiger partial charge on any atom is 0.338 e. The molecule has 0 aliphatic heterocycles. The predicted molar refractivity (Wildman–Crippen MR) is 98.1 cm³/mol. The van der Waals surface area contributed by atoms with Crippen LogP contribution in [-0.4, -0.2) is 18.5 Å². The highest BCUT2D eigenvalue weighted by atomic mass is 16.5. The molecule has 0 aliphatic rings. The summed E-state index contributed by atoms with van der Waals surface area (Å²) in [5.74, 6) is 0.299. The summed E-state index contributed by atoms with van der Waals surface area (Å²) in [7, 11) is 0. The zero-order valence-electron chi connectivity index (χ0n) is 14.6. The summed E-state index contributed by atoms with van der Waals surface area (Å²) >= 11 is 0. The third-order valence-electron chi connectivity index (χ3n) is 3.71. The fraction of sp³-hybridized carbons (Fsp3) is 0.143. The number of carbonyl (C=O) groups excluding carboxylic acids is 2. The van der Waals surface area contributed by atoms with Crippen molar-refractivity contribution >= 4 is 11.9 Å². The van der Waals surface area contributed by atoms with Crippen molar-refractivity contribution in [2.75, 3.05) is 6.61 Å². The average molecular weight is 365 g/mol. The number of carbonyl (C=O) groups is 2. The van der Waals surface area contributed by atoms with Gasteiger partial charge in [-0.25, -0.2) is 4.79 Å². The molecule has 1 amide bonds. The van der Waals surface area contributed by atoms with Crippen LogP contribution in [0.3, 0.4) is 0 Å². The van der Waals surface area contributed by atoms with Crippen LogP contribution in [0.1, 0.15) is 21.7 Å². The molecule has 0 unspecified atom stereocenters. The Labute approximate surface area is 156 Å². The first-order chi connectivity index (χ1) is 13.2. The van der Waals surface area contributed by atoms with Crippen LogP contribution in [-0.2, 0) is 22.7 Å². The minimum absolute atomic E-state index is 0.247. The van der Waals surface area contributed by atoms with Crippen molar-refractivity contribution < 1.29 is 23.5 Å². The molecule has 6 nitrogen and oxygen atoms in total. The Morgan fingerprint density at radius 3 is 2.41 bits per heavy atom. The highest BCUT2D eigenvalue weighted by molar-refractivity contribution is 5.91. The van der Waals surface area contributed by atoms with Gasteiger partial charge in [0, 0.05) is 0 Å². The lowest BCUT2D eigenvalue weighted by Gasteiger charge is -2.08. The van der Waals surface area contributed by atoms with Crippen molar-refractivity contribution in [3.8, 4) is 5.75 Å². The number of amides is 1. The summed E-state index contributed by atoms with van der Waals surface area (Å²) < 4.78 is 15.8. The van der Waals surface area contributed by atoms with Gasteiger partial charge >= 0.3 is 5.97 Å². The molecule has 0 saturated heterocycles. The fourth-order valence-electron chi connectivity index (χ4n) is 2.29. The zero-order valence-corrected chi connectivity index (χ0v) is 14.6. The van der Waals surface area contributed by atoms with E-state index in [-0.39, 0.29) is 13.2 Å². The van der Waals surface area contributed by atoms with E-state index in [1.165, 1.54) is 6.26 Å². The maximum absolute atomic E-state index is 12.0. The molecule has 1 heterocycles. The highest BCUT2D eigenvalue weighted by Gasteiger charge is 2.10. The van der Waals surface area contributed by atoms with Crippen LogP contribution < -0.4 is 10.1 Å². The summed E-state index contributed by atoms with van der Waals surface area (Å²) in [5.41, 5.74) is 1.41. The van der Waals surface area contributed by atoms with Gasteiger partial charge in [-0.15, -0.1) is 0 Å². The van der Waals surface area contributed by atoms with E-state index in [1.54, 1.807) is 36.4 Å². The Bertz CT molecular complexity index is 857. The number of hydrogen-bond donors (Lipinski definition) is 1. The van der Waals surface area contributed by atoms with E-state index in [0.717, 1.165) is 5.56 Å². The second-order valence-corrected chi connectivity index (χ2v) is 5.73. The molecule has 0 aliphatic carbocycles. The number of rotatable bonds is 8. The number of benzene rings is 2. The molecule has 27 heavy (non-hydrogen) atoms. The molecular weight excluding hydrogens is 346 g/mol. The number of furan rings is 1. The van der Waals surface area contributed by atoms with Crippen LogP contribution in [0, 0.1) is 0 Å². The quantitative estimate of drug-likeness (QED) is 0.620. The maximum atomic E-state index is 12.0. The van der Waals surface area contributed by atoms with Crippen LogP contribution in [0.15, 0.2) is 77.4 Å². The van der Waals surface area contributed by atoms with Gasteiger partial charge in [-0.2, -0.15) is 0 Å². The molecule has 0 spiro atoms. The van der Waals surface area contributed by atoms with Gasteiger partial charge in [0.1, 0.15) is 18.1 Å². The standard InChI is InChI=1S/C21H19NO5/c23-20(22-13-19-7-4-12-25-19)15-27-21(24)17-8-10-18(11-9-17)26-14-16-5-2-1-3-6-16/h1-12H,13-15H2,(H,22,23). The summed E-state index contributed by atoms with van der Waals surface area (Å²) in [6, 6.07) is 19.8. The van der Waals surface area contributed by atoms with Crippen molar-refractivity contribution in [1.29, 1.82) is 0 Å². The van der Waals surface area contributed by atoms with Crippen LogP contribution in [0.2, 0.25) is 0 Å². The molecule has 3 aromatic rings. The third kappa shape index (κ3) is 5.74. The second-order valence-electron chi connectivity index (χ2n) is 5.73. The highest BCUT2D eigenvalue weighted by Crippen LogP contribution is 2.15. The molecule has 3 rings (SSSR count). The summed E-state index contributed by atoms with van der Waals surface area (Å²) in [6.07, 6.45) is 1.52. The van der Waals surface area contributed by atoms with E-state index in [2.05, 4.69) is 5.32 Å². The first-order valence-corrected chi connectivity index (χ1v) is 8.44. The van der Waals surface area contributed by atoms with Crippen LogP contribution in [0.25, 0.3) is 0 Å². The molecule has 1 N–H and O–H groups in total. The van der Waals surface area contributed by atoms with E-state index in [1.807, 2.05) is 30.3 Å². The lowest BCUT2D eigenvalue weighted by molar-refractivity contribution is -0.124. The van der Waals surface area contributed by atoms with E-state index in [4.69, 9.17) is 13.9 Å². The van der Waals surface area contributed by atoms with Gasteiger partial charge in [-0.05, 0) is 42.0 Å². The lowest BCUT2D eigenvalue weighted by atomic mass is 10.2. The number of hydrogen-bond acceptors (Lipinski definition) is 5. The number of nitrogens with one attached hydrogen (secondary N) is 1. The van der Waals surface area contributed by atoms with Gasteiger partial charge < -0.3 is 19.2 Å². The SMILES string of the molecule is O=C(COC(=O)c1ccc(OCc2ccccc2)cc1)NCc1ccco1. The van der Waals surface area contributed by atoms with Gasteiger partial charge in [0.2, 0.25) is 0 Å².